The summed E-state index contributed by atoms with van der Waals surface area (Å²) in [6.45, 7) is 4.20. The highest BCUT2D eigenvalue weighted by Crippen LogP contribution is 2.17. The number of hydrogen-bond donors (Lipinski definition) is 4. The summed E-state index contributed by atoms with van der Waals surface area (Å²) in [4.78, 5) is 12.5. The van der Waals surface area contributed by atoms with Gasteiger partial charge in [-0.15, -0.1) is 0 Å². The monoisotopic (exact) mass is 872 g/mol. The molecule has 0 fully saturated rings. The summed E-state index contributed by atoms with van der Waals surface area (Å²) in [6, 6.07) is -0.834. The molecule has 5 heteroatoms. The molecule has 3 unspecified atom stereocenters. The highest BCUT2D eigenvalue weighted by Gasteiger charge is 2.26. The van der Waals surface area contributed by atoms with Gasteiger partial charge in [-0.3, -0.25) is 4.79 Å². The van der Waals surface area contributed by atoms with E-state index in [-0.39, 0.29) is 12.5 Å². The van der Waals surface area contributed by atoms with Gasteiger partial charge in [0, 0.05) is 6.42 Å². The first-order chi connectivity index (χ1) is 30.6. The summed E-state index contributed by atoms with van der Waals surface area (Å²) in [5.74, 6) is -0.157. The van der Waals surface area contributed by atoms with Gasteiger partial charge in [0.2, 0.25) is 5.91 Å². The Morgan fingerprint density at radius 1 is 0.387 bits per heavy atom. The molecule has 62 heavy (non-hydrogen) atoms. The molecule has 0 saturated carbocycles. The van der Waals surface area contributed by atoms with E-state index in [4.69, 9.17) is 0 Å². The Bertz CT molecular complexity index is 962. The maximum absolute atomic E-state index is 12.5. The Morgan fingerprint density at radius 3 is 0.984 bits per heavy atom. The third-order valence-corrected chi connectivity index (χ3v) is 12.9. The fourth-order valence-corrected chi connectivity index (χ4v) is 8.65. The van der Waals surface area contributed by atoms with Crippen molar-refractivity contribution in [2.45, 2.75) is 315 Å². The van der Waals surface area contributed by atoms with Gasteiger partial charge in [0.25, 0.3) is 0 Å². The lowest BCUT2D eigenvalue weighted by Gasteiger charge is -2.26. The molecule has 0 aliphatic carbocycles. The molecule has 0 aromatic carbocycles. The van der Waals surface area contributed by atoms with Crippen LogP contribution in [0.4, 0.5) is 0 Å². The summed E-state index contributed by atoms with van der Waals surface area (Å²) in [6.07, 6.45) is 67.2. The summed E-state index contributed by atoms with van der Waals surface area (Å²) >= 11 is 0. The van der Waals surface area contributed by atoms with E-state index >= 15 is 0 Å². The van der Waals surface area contributed by atoms with Crippen molar-refractivity contribution >= 4 is 5.91 Å². The largest absolute Gasteiger partial charge is 0.394 e. The van der Waals surface area contributed by atoms with Gasteiger partial charge in [0.1, 0.15) is 6.10 Å². The number of unbranched alkanes of at least 4 members (excludes halogenated alkanes) is 37. The van der Waals surface area contributed by atoms with Crippen LogP contribution in [-0.4, -0.2) is 46.1 Å². The molecule has 5 nitrogen and oxygen atoms in total. The molecule has 0 aromatic heterocycles. The van der Waals surface area contributed by atoms with Crippen molar-refractivity contribution in [3.8, 4) is 0 Å². The molecule has 0 aliphatic rings. The number of hydrogen-bond acceptors (Lipinski definition) is 4. The minimum atomic E-state index is -1.17. The number of allylic oxidation sites excluding steroid dienone is 6. The lowest BCUT2D eigenvalue weighted by molar-refractivity contribution is -0.124. The molecule has 0 spiro atoms. The number of amides is 1. The van der Waals surface area contributed by atoms with Crippen molar-refractivity contribution in [3.05, 3.63) is 36.5 Å². The average Bonchev–Trinajstić information content (AvgIpc) is 3.28. The van der Waals surface area contributed by atoms with Gasteiger partial charge in [0.15, 0.2) is 0 Å². The van der Waals surface area contributed by atoms with E-state index in [0.29, 0.717) is 12.8 Å². The standard InChI is InChI=1S/C57H109NO4/c1-3-5-7-9-11-13-15-17-19-21-23-25-27-28-30-32-34-36-38-40-42-44-46-48-50-52-56(61)58-54(53-59)57(62)55(60)51-49-47-45-43-41-39-37-35-33-31-29-26-24-22-20-18-16-14-12-10-8-6-4-2/h28,30,35,37,43,45,54-55,57,59-60,62H,3-27,29,31-34,36,38-42,44,46-53H2,1-2H3,(H,58,61)/b30-28-,37-35+,45-43+. The molecule has 0 heterocycles. The van der Waals surface area contributed by atoms with E-state index in [2.05, 4.69) is 55.6 Å². The van der Waals surface area contributed by atoms with Crippen molar-refractivity contribution in [2.24, 2.45) is 0 Å². The summed E-state index contributed by atoms with van der Waals surface area (Å²) in [5, 5.41) is 33.7. The zero-order valence-corrected chi connectivity index (χ0v) is 41.8. The van der Waals surface area contributed by atoms with Crippen LogP contribution in [0.2, 0.25) is 0 Å². The molecule has 3 atom stereocenters. The third kappa shape index (κ3) is 46.6. The second kappa shape index (κ2) is 52.2. The van der Waals surface area contributed by atoms with Crippen LogP contribution in [0.1, 0.15) is 296 Å². The van der Waals surface area contributed by atoms with Crippen LogP contribution in [0.5, 0.6) is 0 Å². The molecule has 4 N–H and O–H groups in total. The molecule has 0 saturated heterocycles. The van der Waals surface area contributed by atoms with Crippen LogP contribution in [-0.2, 0) is 4.79 Å². The predicted octanol–water partition coefficient (Wildman–Crippen LogP) is 17.1. The highest BCUT2D eigenvalue weighted by molar-refractivity contribution is 5.76. The smallest absolute Gasteiger partial charge is 0.220 e. The number of carbonyl (C=O) groups is 1. The fraction of sp³-hybridized carbons (Fsp3) is 0.877. The van der Waals surface area contributed by atoms with E-state index in [1.807, 2.05) is 0 Å². The first-order valence-corrected chi connectivity index (χ1v) is 27.8. The molecule has 0 radical (unpaired) electrons. The normalized spacial score (nSPS) is 13.6. The summed E-state index contributed by atoms with van der Waals surface area (Å²) in [7, 11) is 0. The molecule has 0 aliphatic heterocycles. The van der Waals surface area contributed by atoms with Crippen LogP contribution in [0.15, 0.2) is 36.5 Å². The van der Waals surface area contributed by atoms with E-state index in [0.717, 1.165) is 44.9 Å². The zero-order valence-electron chi connectivity index (χ0n) is 41.8. The Balaban J connectivity index is 3.61. The maximum atomic E-state index is 12.5. The molecular formula is C57H109NO4. The van der Waals surface area contributed by atoms with Gasteiger partial charge in [-0.25, -0.2) is 0 Å². The molecule has 0 aromatic rings. The Kier molecular flexibility index (Phi) is 51.0. The Labute approximate surface area is 387 Å². The van der Waals surface area contributed by atoms with Crippen LogP contribution in [0.3, 0.4) is 0 Å². The van der Waals surface area contributed by atoms with Crippen molar-refractivity contribution in [2.75, 3.05) is 6.61 Å². The van der Waals surface area contributed by atoms with E-state index in [1.165, 1.54) is 225 Å². The number of aliphatic hydroxyl groups excluding tert-OH is 3. The average molecular weight is 873 g/mol. The Morgan fingerprint density at radius 2 is 0.661 bits per heavy atom. The maximum Gasteiger partial charge on any atom is 0.220 e. The van der Waals surface area contributed by atoms with Gasteiger partial charge in [-0.05, 0) is 77.0 Å². The van der Waals surface area contributed by atoms with Crippen molar-refractivity contribution < 1.29 is 20.1 Å². The first-order valence-electron chi connectivity index (χ1n) is 27.8. The van der Waals surface area contributed by atoms with Crippen molar-refractivity contribution in [3.63, 3.8) is 0 Å². The van der Waals surface area contributed by atoms with Crippen LogP contribution < -0.4 is 5.32 Å². The lowest BCUT2D eigenvalue weighted by Crippen LogP contribution is -2.50. The SMILES string of the molecule is CCCCCCCCCCCCCC/C=C\CCCCCCCCCCCC(=O)NC(CO)C(O)C(O)CCC/C=C/CC/C=C/CCCCCCCCCCCCCCCC. The van der Waals surface area contributed by atoms with Gasteiger partial charge < -0.3 is 20.6 Å². The summed E-state index contributed by atoms with van der Waals surface area (Å²) < 4.78 is 0. The molecule has 0 rings (SSSR count). The van der Waals surface area contributed by atoms with E-state index in [1.54, 1.807) is 0 Å². The van der Waals surface area contributed by atoms with Crippen molar-refractivity contribution in [1.29, 1.82) is 0 Å². The minimum absolute atomic E-state index is 0.157. The fourth-order valence-electron chi connectivity index (χ4n) is 8.65. The zero-order chi connectivity index (χ0) is 45.1. The van der Waals surface area contributed by atoms with Crippen molar-refractivity contribution in [1.82, 2.24) is 5.32 Å². The third-order valence-electron chi connectivity index (χ3n) is 12.9. The number of nitrogens with one attached hydrogen (secondary N) is 1. The molecular weight excluding hydrogens is 763 g/mol. The highest BCUT2D eigenvalue weighted by atomic mass is 16.3. The molecule has 0 bridgehead atoms. The Hall–Kier alpha value is -1.43. The first kappa shape index (κ1) is 60.6. The van der Waals surface area contributed by atoms with Gasteiger partial charge >= 0.3 is 0 Å². The number of carbonyl (C=O) groups excluding carboxylic acids is 1. The second-order valence-electron chi connectivity index (χ2n) is 19.1. The van der Waals surface area contributed by atoms with Crippen LogP contribution in [0.25, 0.3) is 0 Å². The van der Waals surface area contributed by atoms with E-state index < -0.39 is 18.2 Å². The number of rotatable bonds is 51. The van der Waals surface area contributed by atoms with E-state index in [9.17, 15) is 20.1 Å². The molecule has 1 amide bonds. The lowest BCUT2D eigenvalue weighted by atomic mass is 10.0. The second-order valence-corrected chi connectivity index (χ2v) is 19.1. The van der Waals surface area contributed by atoms with Crippen LogP contribution in [0, 0.1) is 0 Å². The van der Waals surface area contributed by atoms with Gasteiger partial charge in [-0.1, -0.05) is 249 Å². The summed E-state index contributed by atoms with van der Waals surface area (Å²) in [5.41, 5.74) is 0. The predicted molar refractivity (Wildman–Crippen MR) is 273 cm³/mol. The van der Waals surface area contributed by atoms with Gasteiger partial charge in [0.05, 0.1) is 18.8 Å². The topological polar surface area (TPSA) is 89.8 Å². The van der Waals surface area contributed by atoms with Gasteiger partial charge in [-0.2, -0.15) is 0 Å². The molecule has 366 valence electrons. The van der Waals surface area contributed by atoms with Crippen LogP contribution >= 0.6 is 0 Å². The number of aliphatic hydroxyl groups is 3. The minimum Gasteiger partial charge on any atom is -0.394 e. The quantitative estimate of drug-likeness (QED) is 0.0362.